The number of hydrogen-bond acceptors (Lipinski definition) is 4. The van der Waals surface area contributed by atoms with Crippen LogP contribution in [0.3, 0.4) is 0 Å². The van der Waals surface area contributed by atoms with Gasteiger partial charge in [-0.3, -0.25) is 9.52 Å². The Labute approximate surface area is 177 Å². The molecule has 156 valence electrons. The van der Waals surface area contributed by atoms with Gasteiger partial charge in [-0.2, -0.15) is 0 Å². The van der Waals surface area contributed by atoms with Crippen LogP contribution >= 0.6 is 0 Å². The molecule has 3 aromatic carbocycles. The van der Waals surface area contributed by atoms with E-state index < -0.39 is 10.0 Å². The van der Waals surface area contributed by atoms with E-state index in [-0.39, 0.29) is 16.4 Å². The van der Waals surface area contributed by atoms with Gasteiger partial charge in [0.1, 0.15) is 5.75 Å². The zero-order valence-corrected chi connectivity index (χ0v) is 17.7. The monoisotopic (exact) mass is 424 g/mol. The van der Waals surface area contributed by atoms with Gasteiger partial charge in [-0.25, -0.2) is 8.42 Å². The van der Waals surface area contributed by atoms with Crippen molar-refractivity contribution in [2.45, 2.75) is 25.3 Å². The summed E-state index contributed by atoms with van der Waals surface area (Å²) >= 11 is 0. The smallest absolute Gasteiger partial charge is 0.262 e. The highest BCUT2D eigenvalue weighted by atomic mass is 32.2. The van der Waals surface area contributed by atoms with Crippen LogP contribution in [0.1, 0.15) is 28.4 Å². The first-order chi connectivity index (χ1) is 14.4. The van der Waals surface area contributed by atoms with Crippen molar-refractivity contribution >= 4 is 21.6 Å². The number of amides is 1. The summed E-state index contributed by atoms with van der Waals surface area (Å²) in [5, 5.41) is 2.82. The van der Waals surface area contributed by atoms with Crippen molar-refractivity contribution < 1.29 is 17.9 Å². The maximum Gasteiger partial charge on any atom is 0.262 e. The predicted octanol–water partition coefficient (Wildman–Crippen LogP) is 4.12. The van der Waals surface area contributed by atoms with Crippen LogP contribution in [0.4, 0.5) is 5.69 Å². The molecule has 0 aliphatic heterocycles. The molecule has 30 heavy (non-hydrogen) atoms. The summed E-state index contributed by atoms with van der Waals surface area (Å²) in [7, 11) is -3.82. The average Bonchev–Trinajstić information content (AvgIpc) is 2.74. The zero-order chi connectivity index (χ0) is 21.6. The molecule has 3 aromatic rings. The lowest BCUT2D eigenvalue weighted by Gasteiger charge is -2.12. The van der Waals surface area contributed by atoms with E-state index in [4.69, 9.17) is 4.74 Å². The van der Waals surface area contributed by atoms with Crippen molar-refractivity contribution in [2.24, 2.45) is 0 Å². The fraction of sp³-hybridized carbons (Fsp3) is 0.174. The SMILES string of the molecule is CCOc1ccc(CNC(=O)c2ccc(C)c(S(=O)(=O)Nc3ccccc3)c2)cc1. The lowest BCUT2D eigenvalue weighted by molar-refractivity contribution is 0.0950. The van der Waals surface area contributed by atoms with Crippen molar-refractivity contribution in [1.82, 2.24) is 5.32 Å². The van der Waals surface area contributed by atoms with Crippen LogP contribution in [0.2, 0.25) is 0 Å². The van der Waals surface area contributed by atoms with Gasteiger partial charge in [0.25, 0.3) is 15.9 Å². The summed E-state index contributed by atoms with van der Waals surface area (Å²) in [6.07, 6.45) is 0. The second-order valence-corrected chi connectivity index (χ2v) is 8.36. The van der Waals surface area contributed by atoms with Crippen LogP contribution in [0.15, 0.2) is 77.7 Å². The van der Waals surface area contributed by atoms with Crippen molar-refractivity contribution in [3.05, 3.63) is 89.5 Å². The maximum absolute atomic E-state index is 12.8. The molecule has 0 radical (unpaired) electrons. The summed E-state index contributed by atoms with van der Waals surface area (Å²) < 4.78 is 33.6. The van der Waals surface area contributed by atoms with Crippen LogP contribution in [-0.4, -0.2) is 20.9 Å². The van der Waals surface area contributed by atoms with E-state index in [1.54, 1.807) is 49.4 Å². The number of sulfonamides is 1. The highest BCUT2D eigenvalue weighted by Crippen LogP contribution is 2.21. The quantitative estimate of drug-likeness (QED) is 0.570. The van der Waals surface area contributed by atoms with Crippen LogP contribution in [0, 0.1) is 6.92 Å². The van der Waals surface area contributed by atoms with Crippen molar-refractivity contribution in [3.8, 4) is 5.75 Å². The second-order valence-electron chi connectivity index (χ2n) is 6.71. The van der Waals surface area contributed by atoms with E-state index in [1.807, 2.05) is 31.2 Å². The van der Waals surface area contributed by atoms with Gasteiger partial charge in [-0.1, -0.05) is 36.4 Å². The highest BCUT2D eigenvalue weighted by molar-refractivity contribution is 7.92. The molecule has 0 fully saturated rings. The van der Waals surface area contributed by atoms with Gasteiger partial charge < -0.3 is 10.1 Å². The third-order valence-corrected chi connectivity index (χ3v) is 5.98. The number of carbonyl (C=O) groups excluding carboxylic acids is 1. The summed E-state index contributed by atoms with van der Waals surface area (Å²) in [5.41, 5.74) is 2.21. The minimum atomic E-state index is -3.82. The maximum atomic E-state index is 12.8. The Balaban J connectivity index is 1.73. The number of anilines is 1. The second kappa shape index (κ2) is 9.45. The molecular weight excluding hydrogens is 400 g/mol. The molecule has 0 spiro atoms. The topological polar surface area (TPSA) is 84.5 Å². The normalized spacial score (nSPS) is 11.0. The van der Waals surface area contributed by atoms with Crippen LogP contribution in [0.5, 0.6) is 5.75 Å². The molecular formula is C23H24N2O4S. The molecule has 0 aliphatic carbocycles. The number of nitrogens with one attached hydrogen (secondary N) is 2. The van der Waals surface area contributed by atoms with E-state index in [1.165, 1.54) is 6.07 Å². The molecule has 7 heteroatoms. The minimum absolute atomic E-state index is 0.0695. The third-order valence-electron chi connectivity index (χ3n) is 4.45. The van der Waals surface area contributed by atoms with Crippen molar-refractivity contribution in [3.63, 3.8) is 0 Å². The van der Waals surface area contributed by atoms with Gasteiger partial charge in [0.2, 0.25) is 0 Å². The number of aryl methyl sites for hydroxylation is 1. The molecule has 3 rings (SSSR count). The lowest BCUT2D eigenvalue weighted by Crippen LogP contribution is -2.23. The summed E-state index contributed by atoms with van der Waals surface area (Å²) in [5.74, 6) is 0.423. The molecule has 6 nitrogen and oxygen atoms in total. The molecule has 1 amide bonds. The Morgan fingerprint density at radius 1 is 0.967 bits per heavy atom. The van der Waals surface area contributed by atoms with E-state index in [2.05, 4.69) is 10.0 Å². The molecule has 0 aliphatic rings. The largest absolute Gasteiger partial charge is 0.494 e. The number of carbonyl (C=O) groups is 1. The van der Waals surface area contributed by atoms with Gasteiger partial charge in [-0.05, 0) is 61.4 Å². The van der Waals surface area contributed by atoms with Gasteiger partial charge in [0.05, 0.1) is 11.5 Å². The molecule has 2 N–H and O–H groups in total. The fourth-order valence-electron chi connectivity index (χ4n) is 2.90. The summed E-state index contributed by atoms with van der Waals surface area (Å²) in [6.45, 7) is 4.53. The average molecular weight is 425 g/mol. The summed E-state index contributed by atoms with van der Waals surface area (Å²) in [4.78, 5) is 12.7. The Morgan fingerprint density at radius 2 is 1.67 bits per heavy atom. The zero-order valence-electron chi connectivity index (χ0n) is 16.9. The molecule has 0 unspecified atom stereocenters. The van der Waals surface area contributed by atoms with Crippen molar-refractivity contribution in [2.75, 3.05) is 11.3 Å². The molecule has 0 saturated heterocycles. The van der Waals surface area contributed by atoms with E-state index in [0.29, 0.717) is 24.4 Å². The lowest BCUT2D eigenvalue weighted by atomic mass is 10.1. The van der Waals surface area contributed by atoms with Gasteiger partial charge in [0, 0.05) is 17.8 Å². The van der Waals surface area contributed by atoms with Gasteiger partial charge in [0.15, 0.2) is 0 Å². The highest BCUT2D eigenvalue weighted by Gasteiger charge is 2.19. The van der Waals surface area contributed by atoms with Crippen LogP contribution in [0.25, 0.3) is 0 Å². The first kappa shape index (κ1) is 21.4. The molecule has 0 bridgehead atoms. The Kier molecular flexibility index (Phi) is 6.74. The molecule has 0 aromatic heterocycles. The molecule has 0 saturated carbocycles. The van der Waals surface area contributed by atoms with Crippen molar-refractivity contribution in [1.29, 1.82) is 0 Å². The first-order valence-corrected chi connectivity index (χ1v) is 11.1. The molecule has 0 heterocycles. The van der Waals surface area contributed by atoms with Crippen LogP contribution < -0.4 is 14.8 Å². The molecule has 0 atom stereocenters. The Morgan fingerprint density at radius 3 is 2.33 bits per heavy atom. The first-order valence-electron chi connectivity index (χ1n) is 9.57. The van der Waals surface area contributed by atoms with Gasteiger partial charge in [-0.15, -0.1) is 0 Å². The fourth-order valence-corrected chi connectivity index (χ4v) is 4.23. The number of rotatable bonds is 8. The number of hydrogen-bond donors (Lipinski definition) is 2. The predicted molar refractivity (Wildman–Crippen MR) is 117 cm³/mol. The van der Waals surface area contributed by atoms with E-state index in [9.17, 15) is 13.2 Å². The number of para-hydroxylation sites is 1. The number of ether oxygens (including phenoxy) is 1. The number of benzene rings is 3. The summed E-state index contributed by atoms with van der Waals surface area (Å²) in [6, 6.07) is 20.7. The van der Waals surface area contributed by atoms with Crippen LogP contribution in [-0.2, 0) is 16.6 Å². The minimum Gasteiger partial charge on any atom is -0.494 e. The van der Waals surface area contributed by atoms with Gasteiger partial charge >= 0.3 is 0 Å². The Bertz CT molecular complexity index is 1110. The Hall–Kier alpha value is -3.32. The van der Waals surface area contributed by atoms with E-state index in [0.717, 1.165) is 11.3 Å². The standard InChI is InChI=1S/C23H24N2O4S/c1-3-29-21-13-10-18(11-14-21)16-24-23(26)19-12-9-17(2)22(15-19)30(27,28)25-20-7-5-4-6-8-20/h4-15,25H,3,16H2,1-2H3,(H,24,26). The van der Waals surface area contributed by atoms with E-state index >= 15 is 0 Å². The third kappa shape index (κ3) is 5.39.